The van der Waals surface area contributed by atoms with Crippen molar-refractivity contribution in [1.29, 1.82) is 0 Å². The molecule has 3 nitrogen and oxygen atoms in total. The van der Waals surface area contributed by atoms with E-state index in [1.807, 2.05) is 13.2 Å². The predicted octanol–water partition coefficient (Wildman–Crippen LogP) is 2.75. The quantitative estimate of drug-likeness (QED) is 0.844. The number of hydrogen-bond acceptors (Lipinski definition) is 3. The van der Waals surface area contributed by atoms with E-state index in [0.29, 0.717) is 0 Å². The lowest BCUT2D eigenvalue weighted by Gasteiger charge is -2.19. The summed E-state index contributed by atoms with van der Waals surface area (Å²) in [5.41, 5.74) is 1.30. The molecule has 16 heavy (non-hydrogen) atoms. The second-order valence-electron chi connectivity index (χ2n) is 4.54. The van der Waals surface area contributed by atoms with Crippen molar-refractivity contribution in [2.24, 2.45) is 5.92 Å². The van der Waals surface area contributed by atoms with Crippen LogP contribution in [-0.2, 0) is 0 Å². The van der Waals surface area contributed by atoms with Crippen LogP contribution in [-0.4, -0.2) is 25.1 Å². The van der Waals surface area contributed by atoms with Gasteiger partial charge in [0, 0.05) is 38.1 Å². The third-order valence-electron chi connectivity index (χ3n) is 3.35. The Morgan fingerprint density at radius 1 is 1.56 bits per heavy atom. The van der Waals surface area contributed by atoms with Crippen LogP contribution in [0.4, 0.5) is 11.5 Å². The van der Waals surface area contributed by atoms with Crippen molar-refractivity contribution in [1.82, 2.24) is 4.98 Å². The maximum Gasteiger partial charge on any atom is 0.127 e. The highest BCUT2D eigenvalue weighted by molar-refractivity contribution is 5.54. The highest BCUT2D eigenvalue weighted by Gasteiger charge is 2.21. The van der Waals surface area contributed by atoms with E-state index in [2.05, 4.69) is 34.3 Å². The number of nitrogens with zero attached hydrogens (tertiary/aromatic N) is 2. The van der Waals surface area contributed by atoms with E-state index in [4.69, 9.17) is 0 Å². The second kappa shape index (κ2) is 5.19. The van der Waals surface area contributed by atoms with Gasteiger partial charge in [-0.1, -0.05) is 13.3 Å². The summed E-state index contributed by atoms with van der Waals surface area (Å²) in [5, 5.41) is 3.09. The predicted molar refractivity (Wildman–Crippen MR) is 69.0 cm³/mol. The van der Waals surface area contributed by atoms with Gasteiger partial charge in [0.2, 0.25) is 0 Å². The Labute approximate surface area is 97.9 Å². The highest BCUT2D eigenvalue weighted by Crippen LogP contribution is 2.27. The van der Waals surface area contributed by atoms with Crippen molar-refractivity contribution >= 4 is 11.5 Å². The van der Waals surface area contributed by atoms with Crippen LogP contribution in [0.3, 0.4) is 0 Å². The molecule has 2 rings (SSSR count). The SMILES string of the molecule is CCCC1CCN(c2ccnc(NC)c2)C1. The molecule has 0 amide bonds. The van der Waals surface area contributed by atoms with E-state index < -0.39 is 0 Å². The van der Waals surface area contributed by atoms with Gasteiger partial charge in [-0.05, 0) is 24.8 Å². The van der Waals surface area contributed by atoms with Gasteiger partial charge >= 0.3 is 0 Å². The molecule has 1 aliphatic heterocycles. The first-order valence-electron chi connectivity index (χ1n) is 6.22. The van der Waals surface area contributed by atoms with Gasteiger partial charge < -0.3 is 10.2 Å². The summed E-state index contributed by atoms with van der Waals surface area (Å²) in [5.74, 6) is 1.84. The fourth-order valence-electron chi connectivity index (χ4n) is 2.46. The standard InChI is InChI=1S/C13H21N3/c1-3-4-11-6-8-16(10-11)12-5-7-15-13(9-12)14-2/h5,7,9,11H,3-4,6,8,10H2,1-2H3,(H,14,15). The van der Waals surface area contributed by atoms with Gasteiger partial charge in [-0.15, -0.1) is 0 Å². The number of anilines is 2. The maximum atomic E-state index is 4.25. The maximum absolute atomic E-state index is 4.25. The van der Waals surface area contributed by atoms with Gasteiger partial charge in [0.1, 0.15) is 5.82 Å². The molecule has 0 spiro atoms. The summed E-state index contributed by atoms with van der Waals surface area (Å²) >= 11 is 0. The molecule has 3 heteroatoms. The first-order valence-corrected chi connectivity index (χ1v) is 6.22. The molecular formula is C13H21N3. The van der Waals surface area contributed by atoms with E-state index in [1.54, 1.807) is 0 Å². The van der Waals surface area contributed by atoms with Crippen LogP contribution < -0.4 is 10.2 Å². The van der Waals surface area contributed by atoms with Crippen molar-refractivity contribution in [3.63, 3.8) is 0 Å². The summed E-state index contributed by atoms with van der Waals surface area (Å²) in [7, 11) is 1.91. The molecule has 1 aromatic rings. The van der Waals surface area contributed by atoms with Crippen LogP contribution in [0.1, 0.15) is 26.2 Å². The minimum Gasteiger partial charge on any atom is -0.373 e. The Bertz CT molecular complexity index is 338. The Morgan fingerprint density at radius 2 is 2.44 bits per heavy atom. The van der Waals surface area contributed by atoms with Gasteiger partial charge in [0.05, 0.1) is 0 Å². The van der Waals surface area contributed by atoms with E-state index in [9.17, 15) is 0 Å². The number of nitrogens with one attached hydrogen (secondary N) is 1. The number of aromatic nitrogens is 1. The zero-order valence-electron chi connectivity index (χ0n) is 10.2. The lowest BCUT2D eigenvalue weighted by molar-refractivity contribution is 0.530. The summed E-state index contributed by atoms with van der Waals surface area (Å²) in [4.78, 5) is 6.72. The lowest BCUT2D eigenvalue weighted by atomic mass is 10.0. The zero-order valence-corrected chi connectivity index (χ0v) is 10.2. The van der Waals surface area contributed by atoms with Gasteiger partial charge in [-0.3, -0.25) is 0 Å². The minimum atomic E-state index is 0.885. The van der Waals surface area contributed by atoms with Crippen LogP contribution in [0, 0.1) is 5.92 Å². The molecule has 1 atom stereocenters. The minimum absolute atomic E-state index is 0.885. The average Bonchev–Trinajstić information content (AvgIpc) is 2.78. The molecule has 2 heterocycles. The molecule has 1 fully saturated rings. The highest BCUT2D eigenvalue weighted by atomic mass is 15.2. The van der Waals surface area contributed by atoms with Crippen LogP contribution in [0.2, 0.25) is 0 Å². The second-order valence-corrected chi connectivity index (χ2v) is 4.54. The zero-order chi connectivity index (χ0) is 11.4. The van der Waals surface area contributed by atoms with Gasteiger partial charge in [-0.25, -0.2) is 4.98 Å². The smallest absolute Gasteiger partial charge is 0.127 e. The fraction of sp³-hybridized carbons (Fsp3) is 0.615. The molecule has 0 aromatic carbocycles. The molecule has 1 aliphatic rings. The molecule has 0 saturated carbocycles. The van der Waals surface area contributed by atoms with Crippen LogP contribution in [0.15, 0.2) is 18.3 Å². The van der Waals surface area contributed by atoms with E-state index in [1.165, 1.54) is 38.0 Å². The third-order valence-corrected chi connectivity index (χ3v) is 3.35. The Morgan fingerprint density at radius 3 is 3.19 bits per heavy atom. The van der Waals surface area contributed by atoms with E-state index in [0.717, 1.165) is 11.7 Å². The Balaban J connectivity index is 2.02. The molecular weight excluding hydrogens is 198 g/mol. The molecule has 1 saturated heterocycles. The first kappa shape index (κ1) is 11.2. The Hall–Kier alpha value is -1.25. The van der Waals surface area contributed by atoms with Crippen LogP contribution >= 0.6 is 0 Å². The van der Waals surface area contributed by atoms with Crippen molar-refractivity contribution in [2.45, 2.75) is 26.2 Å². The van der Waals surface area contributed by atoms with Gasteiger partial charge in [-0.2, -0.15) is 0 Å². The van der Waals surface area contributed by atoms with Gasteiger partial charge in [0.25, 0.3) is 0 Å². The molecule has 1 aromatic heterocycles. The molecule has 0 radical (unpaired) electrons. The monoisotopic (exact) mass is 219 g/mol. The summed E-state index contributed by atoms with van der Waals surface area (Å²) in [6.07, 6.45) is 5.89. The average molecular weight is 219 g/mol. The van der Waals surface area contributed by atoms with Crippen LogP contribution in [0.5, 0.6) is 0 Å². The largest absolute Gasteiger partial charge is 0.373 e. The third kappa shape index (κ3) is 2.46. The molecule has 0 bridgehead atoms. The molecule has 0 aliphatic carbocycles. The van der Waals surface area contributed by atoms with Crippen molar-refractivity contribution in [3.05, 3.63) is 18.3 Å². The summed E-state index contributed by atoms with van der Waals surface area (Å²) in [6.45, 7) is 4.67. The van der Waals surface area contributed by atoms with E-state index >= 15 is 0 Å². The number of pyridine rings is 1. The van der Waals surface area contributed by atoms with Crippen molar-refractivity contribution in [2.75, 3.05) is 30.4 Å². The molecule has 1 unspecified atom stereocenters. The van der Waals surface area contributed by atoms with Crippen LogP contribution in [0.25, 0.3) is 0 Å². The molecule has 1 N–H and O–H groups in total. The topological polar surface area (TPSA) is 28.2 Å². The number of hydrogen-bond donors (Lipinski definition) is 1. The molecule has 88 valence electrons. The van der Waals surface area contributed by atoms with E-state index in [-0.39, 0.29) is 0 Å². The fourth-order valence-corrected chi connectivity index (χ4v) is 2.46. The van der Waals surface area contributed by atoms with Crippen molar-refractivity contribution < 1.29 is 0 Å². The summed E-state index contributed by atoms with van der Waals surface area (Å²) < 4.78 is 0. The normalized spacial score (nSPS) is 20.1. The first-order chi connectivity index (χ1) is 7.83. The summed E-state index contributed by atoms with van der Waals surface area (Å²) in [6, 6.07) is 4.24. The van der Waals surface area contributed by atoms with Crippen molar-refractivity contribution in [3.8, 4) is 0 Å². The Kier molecular flexibility index (Phi) is 3.65. The lowest BCUT2D eigenvalue weighted by Crippen LogP contribution is -2.19. The number of rotatable bonds is 4. The van der Waals surface area contributed by atoms with Gasteiger partial charge in [0.15, 0.2) is 0 Å².